The van der Waals surface area contributed by atoms with Gasteiger partial charge in [-0.15, -0.1) is 0 Å². The zero-order valence-electron chi connectivity index (χ0n) is 16.1. The lowest BCUT2D eigenvalue weighted by Crippen LogP contribution is -2.49. The smallest absolute Gasteiger partial charge is 0.305 e. The highest BCUT2D eigenvalue weighted by Gasteiger charge is 2.37. The van der Waals surface area contributed by atoms with Crippen molar-refractivity contribution in [2.45, 2.75) is 38.8 Å². The molecule has 0 spiro atoms. The van der Waals surface area contributed by atoms with Gasteiger partial charge in [0.15, 0.2) is 0 Å². The molecular weight excluding hydrogens is 376 g/mol. The number of benzene rings is 2. The largest absolute Gasteiger partial charge is 0.481 e. The second-order valence-corrected chi connectivity index (χ2v) is 7.65. The number of halogens is 1. The number of hydrogen-bond acceptors (Lipinski definition) is 3. The molecule has 0 saturated heterocycles. The van der Waals surface area contributed by atoms with Crippen LogP contribution in [-0.2, 0) is 9.59 Å². The summed E-state index contributed by atoms with van der Waals surface area (Å²) in [4.78, 5) is 26.2. The van der Waals surface area contributed by atoms with Crippen LogP contribution in [0.3, 0.4) is 0 Å². The normalized spacial score (nSPS) is 20.4. The highest BCUT2D eigenvalue weighted by Crippen LogP contribution is 2.37. The maximum atomic E-state index is 13.4. The topological polar surface area (TPSA) is 69.6 Å². The third-order valence-corrected chi connectivity index (χ3v) is 5.60. The Labute approximate surface area is 170 Å². The maximum Gasteiger partial charge on any atom is 0.305 e. The van der Waals surface area contributed by atoms with Gasteiger partial charge < -0.3 is 10.0 Å². The van der Waals surface area contributed by atoms with Crippen molar-refractivity contribution in [2.75, 3.05) is 11.4 Å². The maximum absolute atomic E-state index is 13.4. The Morgan fingerprint density at radius 2 is 1.96 bits per heavy atom. The van der Waals surface area contributed by atoms with Crippen molar-refractivity contribution in [3.05, 3.63) is 64.7 Å². The number of nitrogens with one attached hydrogen (secondary N) is 1. The van der Waals surface area contributed by atoms with Crippen molar-refractivity contribution in [1.82, 2.24) is 5.32 Å². The Bertz CT molecular complexity index is 856. The van der Waals surface area contributed by atoms with Crippen LogP contribution in [0.4, 0.5) is 5.69 Å². The van der Waals surface area contributed by atoms with E-state index < -0.39 is 12.0 Å². The van der Waals surface area contributed by atoms with Gasteiger partial charge in [-0.1, -0.05) is 62.2 Å². The average Bonchev–Trinajstić information content (AvgIpc) is 2.80. The Hall–Kier alpha value is -2.37. The molecule has 0 fully saturated rings. The van der Waals surface area contributed by atoms with Crippen LogP contribution in [0.5, 0.6) is 0 Å². The van der Waals surface area contributed by atoms with E-state index in [9.17, 15) is 9.59 Å². The molecule has 1 unspecified atom stereocenters. The van der Waals surface area contributed by atoms with Crippen LogP contribution in [-0.4, -0.2) is 29.6 Å². The van der Waals surface area contributed by atoms with Gasteiger partial charge in [0.05, 0.1) is 18.5 Å². The summed E-state index contributed by atoms with van der Waals surface area (Å²) in [6, 6.07) is 14.7. The first-order chi connectivity index (χ1) is 13.4. The van der Waals surface area contributed by atoms with Gasteiger partial charge in [0.1, 0.15) is 0 Å². The Morgan fingerprint density at radius 3 is 2.61 bits per heavy atom. The lowest BCUT2D eigenvalue weighted by Gasteiger charge is -2.28. The molecule has 0 saturated carbocycles. The van der Waals surface area contributed by atoms with Gasteiger partial charge >= 0.3 is 5.97 Å². The van der Waals surface area contributed by atoms with E-state index in [-0.39, 0.29) is 30.8 Å². The van der Waals surface area contributed by atoms with Gasteiger partial charge in [0.2, 0.25) is 5.91 Å². The lowest BCUT2D eigenvalue weighted by atomic mass is 9.94. The molecule has 0 aliphatic carbocycles. The van der Waals surface area contributed by atoms with E-state index in [0.717, 1.165) is 17.5 Å². The third-order valence-electron chi connectivity index (χ3n) is 5.36. The number of amides is 1. The lowest BCUT2D eigenvalue weighted by molar-refractivity contribution is -0.136. The highest BCUT2D eigenvalue weighted by molar-refractivity contribution is 6.30. The van der Waals surface area contributed by atoms with Crippen LogP contribution in [0.15, 0.2) is 48.5 Å². The molecule has 0 radical (unpaired) electrons. The van der Waals surface area contributed by atoms with Crippen molar-refractivity contribution < 1.29 is 14.7 Å². The van der Waals surface area contributed by atoms with Crippen molar-refractivity contribution >= 4 is 29.2 Å². The van der Waals surface area contributed by atoms with Crippen LogP contribution in [0, 0.1) is 5.92 Å². The Morgan fingerprint density at radius 1 is 1.25 bits per heavy atom. The van der Waals surface area contributed by atoms with E-state index in [1.54, 1.807) is 11.0 Å². The molecule has 3 rings (SSSR count). The first kappa shape index (κ1) is 20.4. The highest BCUT2D eigenvalue weighted by atomic mass is 35.5. The molecule has 148 valence electrons. The summed E-state index contributed by atoms with van der Waals surface area (Å²) in [5, 5.41) is 13.3. The number of anilines is 1. The molecule has 6 heteroatoms. The van der Waals surface area contributed by atoms with Gasteiger partial charge in [-0.25, -0.2) is 0 Å². The molecule has 5 nitrogen and oxygen atoms in total. The summed E-state index contributed by atoms with van der Waals surface area (Å²) in [5.41, 5.74) is 2.62. The fourth-order valence-corrected chi connectivity index (χ4v) is 3.81. The third kappa shape index (κ3) is 4.21. The van der Waals surface area contributed by atoms with E-state index in [1.807, 2.05) is 56.3 Å². The first-order valence-corrected chi connectivity index (χ1v) is 9.93. The van der Waals surface area contributed by atoms with Crippen molar-refractivity contribution in [1.29, 1.82) is 0 Å². The number of carboxylic acid groups (broad SMARTS) is 1. The summed E-state index contributed by atoms with van der Waals surface area (Å²) in [6.45, 7) is 4.21. The Balaban J connectivity index is 2.15. The monoisotopic (exact) mass is 400 g/mol. The number of carbonyl (C=O) groups excluding carboxylic acids is 1. The van der Waals surface area contributed by atoms with Crippen LogP contribution < -0.4 is 10.2 Å². The van der Waals surface area contributed by atoms with Crippen molar-refractivity contribution in [3.63, 3.8) is 0 Å². The van der Waals surface area contributed by atoms with E-state index in [4.69, 9.17) is 16.7 Å². The van der Waals surface area contributed by atoms with Crippen molar-refractivity contribution in [2.24, 2.45) is 5.92 Å². The molecule has 28 heavy (non-hydrogen) atoms. The zero-order chi connectivity index (χ0) is 20.3. The fourth-order valence-electron chi connectivity index (χ4n) is 3.63. The van der Waals surface area contributed by atoms with Crippen molar-refractivity contribution in [3.8, 4) is 0 Å². The number of carbonyl (C=O) groups is 2. The molecule has 2 aromatic carbocycles. The number of hydrogen-bond donors (Lipinski definition) is 2. The molecule has 0 bridgehead atoms. The number of rotatable bonds is 6. The quantitative estimate of drug-likeness (QED) is 0.760. The molecule has 1 amide bonds. The van der Waals surface area contributed by atoms with Gasteiger partial charge in [-0.05, 0) is 35.2 Å². The minimum atomic E-state index is -0.930. The molecule has 3 atom stereocenters. The van der Waals surface area contributed by atoms with Gasteiger partial charge in [-0.2, -0.15) is 0 Å². The summed E-state index contributed by atoms with van der Waals surface area (Å²) in [5.74, 6) is -0.936. The van der Waals surface area contributed by atoms with Crippen LogP contribution in [0.1, 0.15) is 43.9 Å². The zero-order valence-corrected chi connectivity index (χ0v) is 16.8. The summed E-state index contributed by atoms with van der Waals surface area (Å²) < 4.78 is 0. The van der Waals surface area contributed by atoms with Crippen LogP contribution in [0.2, 0.25) is 5.02 Å². The van der Waals surface area contributed by atoms with Crippen LogP contribution >= 0.6 is 11.6 Å². The standard InChI is InChI=1S/C22H25ClN2O3/c1-3-14(2)20-22(28)25(12-11-19(26)27)18-10-9-16(23)13-17(18)21(24-20)15-7-5-4-6-8-15/h4-10,13-14,20-21,24H,3,11-12H2,1-2H3,(H,26,27)/t14-,20-,21?/m0/s1. The average molecular weight is 401 g/mol. The van der Waals surface area contributed by atoms with Gasteiger partial charge in [-0.3, -0.25) is 14.9 Å². The summed E-state index contributed by atoms with van der Waals surface area (Å²) >= 11 is 6.30. The molecule has 1 heterocycles. The summed E-state index contributed by atoms with van der Waals surface area (Å²) in [6.07, 6.45) is 0.714. The van der Waals surface area contributed by atoms with E-state index in [0.29, 0.717) is 10.7 Å². The molecule has 1 aliphatic heterocycles. The number of aliphatic carboxylic acids is 1. The predicted octanol–water partition coefficient (Wildman–Crippen LogP) is 4.26. The number of carboxylic acids is 1. The van der Waals surface area contributed by atoms with Gasteiger partial charge in [0, 0.05) is 17.3 Å². The molecule has 1 aliphatic rings. The predicted molar refractivity (Wildman–Crippen MR) is 111 cm³/mol. The fraction of sp³-hybridized carbons (Fsp3) is 0.364. The number of nitrogens with zero attached hydrogens (tertiary/aromatic N) is 1. The van der Waals surface area contributed by atoms with Gasteiger partial charge in [0.25, 0.3) is 0 Å². The van der Waals surface area contributed by atoms with E-state index in [2.05, 4.69) is 5.32 Å². The molecule has 0 aromatic heterocycles. The Kier molecular flexibility index (Phi) is 6.37. The van der Waals surface area contributed by atoms with E-state index in [1.165, 1.54) is 0 Å². The SMILES string of the molecule is CC[C@H](C)[C@@H]1NC(c2ccccc2)c2cc(Cl)ccc2N(CCC(=O)O)C1=O. The van der Waals surface area contributed by atoms with E-state index >= 15 is 0 Å². The second-order valence-electron chi connectivity index (χ2n) is 7.21. The minimum Gasteiger partial charge on any atom is -0.481 e. The molecular formula is C22H25ClN2O3. The summed E-state index contributed by atoms with van der Waals surface area (Å²) in [7, 11) is 0. The molecule has 2 N–H and O–H groups in total. The first-order valence-electron chi connectivity index (χ1n) is 9.56. The second kappa shape index (κ2) is 8.76. The molecule has 2 aromatic rings. The minimum absolute atomic E-state index is 0.0934. The van der Waals surface area contributed by atoms with Crippen LogP contribution in [0.25, 0.3) is 0 Å². The number of fused-ring (bicyclic) bond motifs is 1.